The van der Waals surface area contributed by atoms with Crippen LogP contribution in [-0.2, 0) is 16.6 Å². The molecule has 1 aliphatic heterocycles. The normalized spacial score (nSPS) is 22.1. The van der Waals surface area contributed by atoms with E-state index in [2.05, 4.69) is 6.92 Å². The van der Waals surface area contributed by atoms with Crippen molar-refractivity contribution in [1.29, 1.82) is 0 Å². The van der Waals surface area contributed by atoms with Crippen molar-refractivity contribution in [3.63, 3.8) is 0 Å². The Kier molecular flexibility index (Phi) is 4.60. The monoisotopic (exact) mass is 282 g/mol. The van der Waals surface area contributed by atoms with Gasteiger partial charge in [0.15, 0.2) is 0 Å². The minimum absolute atomic E-state index is 0.250. The number of hydrogen-bond acceptors (Lipinski definition) is 3. The lowest BCUT2D eigenvalue weighted by molar-refractivity contribution is 0.416. The predicted molar refractivity (Wildman–Crippen MR) is 76.1 cm³/mol. The highest BCUT2D eigenvalue weighted by Gasteiger charge is 2.27. The summed E-state index contributed by atoms with van der Waals surface area (Å²) in [5.41, 5.74) is 6.34. The van der Waals surface area contributed by atoms with Crippen molar-refractivity contribution < 1.29 is 8.42 Å². The Morgan fingerprint density at radius 3 is 2.74 bits per heavy atom. The average Bonchev–Trinajstić information content (AvgIpc) is 2.64. The molecule has 1 aliphatic rings. The fourth-order valence-corrected chi connectivity index (χ4v) is 4.27. The molecule has 1 unspecified atom stereocenters. The molecule has 0 aromatic heterocycles. The van der Waals surface area contributed by atoms with Gasteiger partial charge in [0.2, 0.25) is 10.0 Å². The Morgan fingerprint density at radius 2 is 2.00 bits per heavy atom. The van der Waals surface area contributed by atoms with Gasteiger partial charge in [0, 0.05) is 19.6 Å². The second kappa shape index (κ2) is 6.03. The van der Waals surface area contributed by atoms with E-state index in [9.17, 15) is 8.42 Å². The second-order valence-corrected chi connectivity index (χ2v) is 7.16. The van der Waals surface area contributed by atoms with Gasteiger partial charge in [-0.05, 0) is 36.8 Å². The topological polar surface area (TPSA) is 63.4 Å². The average molecular weight is 282 g/mol. The zero-order valence-electron chi connectivity index (χ0n) is 11.4. The van der Waals surface area contributed by atoms with Gasteiger partial charge in [-0.3, -0.25) is 0 Å². The highest BCUT2D eigenvalue weighted by molar-refractivity contribution is 7.89. The van der Waals surface area contributed by atoms with E-state index >= 15 is 0 Å². The molecular weight excluding hydrogens is 260 g/mol. The minimum Gasteiger partial charge on any atom is -0.326 e. The maximum Gasteiger partial charge on any atom is 0.243 e. The van der Waals surface area contributed by atoms with Crippen molar-refractivity contribution in [3.8, 4) is 0 Å². The standard InChI is InChI=1S/C14H22N2O2S/c1-12-5-4-9-16(10-8-12)19(17,18)14-7-3-2-6-13(14)11-15/h2-3,6-7,12H,4-5,8-11,15H2,1H3. The van der Waals surface area contributed by atoms with Crippen molar-refractivity contribution in [3.05, 3.63) is 29.8 Å². The summed E-state index contributed by atoms with van der Waals surface area (Å²) < 4.78 is 27.0. The van der Waals surface area contributed by atoms with Crippen molar-refractivity contribution in [1.82, 2.24) is 4.31 Å². The van der Waals surface area contributed by atoms with Crippen LogP contribution in [0.3, 0.4) is 0 Å². The van der Waals surface area contributed by atoms with Crippen LogP contribution in [0.25, 0.3) is 0 Å². The molecule has 1 fully saturated rings. The van der Waals surface area contributed by atoms with E-state index in [0.29, 0.717) is 29.5 Å². The van der Waals surface area contributed by atoms with Crippen molar-refractivity contribution >= 4 is 10.0 Å². The van der Waals surface area contributed by atoms with Gasteiger partial charge in [-0.1, -0.05) is 25.1 Å². The first kappa shape index (κ1) is 14.5. The van der Waals surface area contributed by atoms with Crippen molar-refractivity contribution in [2.45, 2.75) is 37.6 Å². The summed E-state index contributed by atoms with van der Waals surface area (Å²) >= 11 is 0. The summed E-state index contributed by atoms with van der Waals surface area (Å²) in [5.74, 6) is 0.602. The van der Waals surface area contributed by atoms with Crippen LogP contribution in [0.4, 0.5) is 0 Å². The third-order valence-corrected chi connectivity index (χ3v) is 5.79. The fourth-order valence-electron chi connectivity index (χ4n) is 2.54. The lowest BCUT2D eigenvalue weighted by Gasteiger charge is -2.21. The second-order valence-electron chi connectivity index (χ2n) is 5.25. The zero-order chi connectivity index (χ0) is 13.9. The lowest BCUT2D eigenvalue weighted by Crippen LogP contribution is -2.32. The molecule has 0 spiro atoms. The van der Waals surface area contributed by atoms with E-state index in [-0.39, 0.29) is 6.54 Å². The smallest absolute Gasteiger partial charge is 0.243 e. The summed E-state index contributed by atoms with van der Waals surface area (Å²) in [6.45, 7) is 3.66. The third-order valence-electron chi connectivity index (χ3n) is 3.79. The van der Waals surface area contributed by atoms with Crippen LogP contribution in [0.2, 0.25) is 0 Å². The number of nitrogens with two attached hydrogens (primary N) is 1. The van der Waals surface area contributed by atoms with Crippen LogP contribution in [0.15, 0.2) is 29.2 Å². The van der Waals surface area contributed by atoms with Crippen LogP contribution in [-0.4, -0.2) is 25.8 Å². The van der Waals surface area contributed by atoms with E-state index in [1.54, 1.807) is 22.5 Å². The highest BCUT2D eigenvalue weighted by Crippen LogP contribution is 2.24. The van der Waals surface area contributed by atoms with Gasteiger partial charge >= 0.3 is 0 Å². The maximum atomic E-state index is 12.7. The van der Waals surface area contributed by atoms with E-state index in [0.717, 1.165) is 19.3 Å². The SMILES string of the molecule is CC1CCCN(S(=O)(=O)c2ccccc2CN)CC1. The molecule has 1 aromatic carbocycles. The van der Waals surface area contributed by atoms with E-state index in [4.69, 9.17) is 5.73 Å². The summed E-state index contributed by atoms with van der Waals surface area (Å²) in [6.07, 6.45) is 2.97. The molecular formula is C14H22N2O2S. The Balaban J connectivity index is 2.31. The Morgan fingerprint density at radius 1 is 1.26 bits per heavy atom. The predicted octanol–water partition coefficient (Wildman–Crippen LogP) is 1.96. The molecule has 0 aliphatic carbocycles. The molecule has 0 saturated carbocycles. The quantitative estimate of drug-likeness (QED) is 0.921. The molecule has 0 radical (unpaired) electrons. The van der Waals surface area contributed by atoms with Crippen molar-refractivity contribution in [2.75, 3.05) is 13.1 Å². The molecule has 2 rings (SSSR count). The Labute approximate surface area is 115 Å². The molecule has 1 heterocycles. The van der Waals surface area contributed by atoms with Gasteiger partial charge in [-0.15, -0.1) is 0 Å². The molecule has 5 heteroatoms. The first-order valence-electron chi connectivity index (χ1n) is 6.84. The molecule has 106 valence electrons. The van der Waals surface area contributed by atoms with Gasteiger partial charge in [-0.25, -0.2) is 8.42 Å². The van der Waals surface area contributed by atoms with Gasteiger partial charge in [0.25, 0.3) is 0 Å². The number of nitrogens with zero attached hydrogens (tertiary/aromatic N) is 1. The summed E-state index contributed by atoms with van der Waals surface area (Å²) in [6, 6.07) is 7.03. The third kappa shape index (κ3) is 3.16. The summed E-state index contributed by atoms with van der Waals surface area (Å²) in [4.78, 5) is 0.368. The number of benzene rings is 1. The van der Waals surface area contributed by atoms with Crippen LogP contribution >= 0.6 is 0 Å². The molecule has 4 nitrogen and oxygen atoms in total. The molecule has 1 aromatic rings. The molecule has 1 atom stereocenters. The van der Waals surface area contributed by atoms with Gasteiger partial charge < -0.3 is 5.73 Å². The first-order chi connectivity index (χ1) is 9.05. The Bertz CT molecular complexity index is 528. The summed E-state index contributed by atoms with van der Waals surface area (Å²) in [7, 11) is -3.40. The van der Waals surface area contributed by atoms with Gasteiger partial charge in [-0.2, -0.15) is 4.31 Å². The van der Waals surface area contributed by atoms with Crippen LogP contribution in [0.1, 0.15) is 31.7 Å². The number of hydrogen-bond donors (Lipinski definition) is 1. The van der Waals surface area contributed by atoms with Gasteiger partial charge in [0.05, 0.1) is 4.90 Å². The van der Waals surface area contributed by atoms with E-state index in [1.807, 2.05) is 6.07 Å². The molecule has 1 saturated heterocycles. The molecule has 19 heavy (non-hydrogen) atoms. The molecule has 0 bridgehead atoms. The first-order valence-corrected chi connectivity index (χ1v) is 8.28. The summed E-state index contributed by atoms with van der Waals surface area (Å²) in [5, 5.41) is 0. The Hall–Kier alpha value is -0.910. The lowest BCUT2D eigenvalue weighted by atomic mass is 10.0. The van der Waals surface area contributed by atoms with Crippen molar-refractivity contribution in [2.24, 2.45) is 11.7 Å². The van der Waals surface area contributed by atoms with Crippen LogP contribution < -0.4 is 5.73 Å². The molecule has 2 N–H and O–H groups in total. The van der Waals surface area contributed by atoms with Crippen LogP contribution in [0, 0.1) is 5.92 Å². The fraction of sp³-hybridized carbons (Fsp3) is 0.571. The minimum atomic E-state index is -3.40. The zero-order valence-corrected chi connectivity index (χ0v) is 12.2. The highest BCUT2D eigenvalue weighted by atomic mass is 32.2. The van der Waals surface area contributed by atoms with E-state index in [1.165, 1.54) is 0 Å². The largest absolute Gasteiger partial charge is 0.326 e. The van der Waals surface area contributed by atoms with E-state index < -0.39 is 10.0 Å². The van der Waals surface area contributed by atoms with Crippen LogP contribution in [0.5, 0.6) is 0 Å². The molecule has 0 amide bonds. The number of sulfonamides is 1. The van der Waals surface area contributed by atoms with Gasteiger partial charge in [0.1, 0.15) is 0 Å². The maximum absolute atomic E-state index is 12.7. The number of rotatable bonds is 3.